The Morgan fingerprint density at radius 3 is 2.78 bits per heavy atom. The van der Waals surface area contributed by atoms with E-state index in [2.05, 4.69) is 10.3 Å². The second kappa shape index (κ2) is 4.87. The van der Waals surface area contributed by atoms with Crippen molar-refractivity contribution in [3.8, 4) is 0 Å². The molecular formula is C14H15N3O. The molecule has 1 heterocycles. The van der Waals surface area contributed by atoms with E-state index in [-0.39, 0.29) is 5.91 Å². The van der Waals surface area contributed by atoms with Crippen molar-refractivity contribution in [2.45, 2.75) is 13.8 Å². The Bertz CT molecular complexity index is 593. The van der Waals surface area contributed by atoms with Gasteiger partial charge in [0.05, 0.1) is 5.56 Å². The van der Waals surface area contributed by atoms with Crippen LogP contribution in [0.3, 0.4) is 0 Å². The fraction of sp³-hybridized carbons (Fsp3) is 0.143. The highest BCUT2D eigenvalue weighted by molar-refractivity contribution is 6.07. The van der Waals surface area contributed by atoms with Crippen molar-refractivity contribution in [1.29, 1.82) is 0 Å². The number of nitrogen functional groups attached to an aromatic ring is 1. The molecule has 2 aromatic rings. The third kappa shape index (κ3) is 2.48. The van der Waals surface area contributed by atoms with Gasteiger partial charge in [-0.3, -0.25) is 9.78 Å². The first-order valence-corrected chi connectivity index (χ1v) is 5.66. The molecular weight excluding hydrogens is 226 g/mol. The minimum absolute atomic E-state index is 0.241. The Kier molecular flexibility index (Phi) is 3.28. The van der Waals surface area contributed by atoms with Crippen molar-refractivity contribution in [2.75, 3.05) is 11.1 Å². The predicted octanol–water partition coefficient (Wildman–Crippen LogP) is 2.53. The number of pyridine rings is 1. The molecule has 0 unspecified atom stereocenters. The van der Waals surface area contributed by atoms with Crippen LogP contribution in [0.2, 0.25) is 0 Å². The second-order valence-electron chi connectivity index (χ2n) is 4.24. The average Bonchev–Trinajstić information content (AvgIpc) is 2.34. The first kappa shape index (κ1) is 12.1. The molecule has 92 valence electrons. The van der Waals surface area contributed by atoms with E-state index in [1.165, 1.54) is 6.20 Å². The number of benzene rings is 1. The van der Waals surface area contributed by atoms with Crippen LogP contribution in [-0.4, -0.2) is 10.9 Å². The third-order valence-electron chi connectivity index (χ3n) is 2.74. The van der Waals surface area contributed by atoms with E-state index in [9.17, 15) is 4.79 Å². The summed E-state index contributed by atoms with van der Waals surface area (Å²) in [7, 11) is 0. The monoisotopic (exact) mass is 241 g/mol. The molecule has 1 aromatic carbocycles. The summed E-state index contributed by atoms with van der Waals surface area (Å²) in [5.41, 5.74) is 9.45. The number of amides is 1. The van der Waals surface area contributed by atoms with Crippen LogP contribution in [0.25, 0.3) is 0 Å². The van der Waals surface area contributed by atoms with E-state index in [1.54, 1.807) is 12.3 Å². The van der Waals surface area contributed by atoms with Gasteiger partial charge in [-0.15, -0.1) is 0 Å². The highest BCUT2D eigenvalue weighted by Crippen LogP contribution is 2.18. The number of nitrogens with one attached hydrogen (secondary N) is 1. The van der Waals surface area contributed by atoms with E-state index in [1.807, 2.05) is 32.0 Å². The Morgan fingerprint density at radius 2 is 2.06 bits per heavy atom. The smallest absolute Gasteiger partial charge is 0.259 e. The summed E-state index contributed by atoms with van der Waals surface area (Å²) in [5.74, 6) is -0.241. The molecule has 0 bridgehead atoms. The zero-order chi connectivity index (χ0) is 13.1. The molecule has 3 N–H and O–H groups in total. The number of aryl methyl sites for hydroxylation is 2. The maximum Gasteiger partial charge on any atom is 0.259 e. The molecule has 4 nitrogen and oxygen atoms in total. The second-order valence-corrected chi connectivity index (χ2v) is 4.24. The summed E-state index contributed by atoms with van der Waals surface area (Å²) in [6.07, 6.45) is 3.03. The Balaban J connectivity index is 2.27. The van der Waals surface area contributed by atoms with Crippen molar-refractivity contribution < 1.29 is 4.79 Å². The molecule has 0 saturated carbocycles. The first-order chi connectivity index (χ1) is 8.58. The molecule has 0 fully saturated rings. The standard InChI is InChI=1S/C14H15N3O/c1-9-3-4-10(2)13(7-9)17-14(18)11-8-16-6-5-12(11)15/h3-8H,1-2H3,(H2,15,16)(H,17,18). The van der Waals surface area contributed by atoms with Crippen LogP contribution in [0.5, 0.6) is 0 Å². The molecule has 4 heteroatoms. The minimum atomic E-state index is -0.241. The number of carbonyl (C=O) groups excluding carboxylic acids is 1. The van der Waals surface area contributed by atoms with Crippen LogP contribution in [-0.2, 0) is 0 Å². The Labute approximate surface area is 106 Å². The van der Waals surface area contributed by atoms with Crippen LogP contribution in [0.15, 0.2) is 36.7 Å². The largest absolute Gasteiger partial charge is 0.398 e. The quantitative estimate of drug-likeness (QED) is 0.849. The van der Waals surface area contributed by atoms with Crippen molar-refractivity contribution in [2.24, 2.45) is 0 Å². The number of hydrogen-bond donors (Lipinski definition) is 2. The highest BCUT2D eigenvalue weighted by atomic mass is 16.1. The number of carbonyl (C=O) groups is 1. The molecule has 0 aliphatic heterocycles. The zero-order valence-corrected chi connectivity index (χ0v) is 10.4. The summed E-state index contributed by atoms with van der Waals surface area (Å²) < 4.78 is 0. The van der Waals surface area contributed by atoms with Gasteiger partial charge in [-0.2, -0.15) is 0 Å². The molecule has 1 amide bonds. The van der Waals surface area contributed by atoms with E-state index >= 15 is 0 Å². The van der Waals surface area contributed by atoms with E-state index in [4.69, 9.17) is 5.73 Å². The zero-order valence-electron chi connectivity index (χ0n) is 10.4. The Morgan fingerprint density at radius 1 is 1.28 bits per heavy atom. The number of hydrogen-bond acceptors (Lipinski definition) is 3. The number of anilines is 2. The molecule has 0 atom stereocenters. The lowest BCUT2D eigenvalue weighted by molar-refractivity contribution is 0.102. The van der Waals surface area contributed by atoms with Crippen molar-refractivity contribution >= 4 is 17.3 Å². The molecule has 0 aliphatic rings. The first-order valence-electron chi connectivity index (χ1n) is 5.66. The van der Waals surface area contributed by atoms with E-state index in [0.29, 0.717) is 11.3 Å². The lowest BCUT2D eigenvalue weighted by Crippen LogP contribution is -2.15. The van der Waals surface area contributed by atoms with Gasteiger partial charge >= 0.3 is 0 Å². The number of rotatable bonds is 2. The lowest BCUT2D eigenvalue weighted by Gasteiger charge is -2.10. The average molecular weight is 241 g/mol. The molecule has 0 radical (unpaired) electrons. The van der Waals surface area contributed by atoms with Crippen molar-refractivity contribution in [3.05, 3.63) is 53.3 Å². The number of aromatic nitrogens is 1. The van der Waals surface area contributed by atoms with Gasteiger partial charge in [0, 0.05) is 23.8 Å². The number of nitrogens with zero attached hydrogens (tertiary/aromatic N) is 1. The van der Waals surface area contributed by atoms with Gasteiger partial charge in [0.25, 0.3) is 5.91 Å². The summed E-state index contributed by atoms with van der Waals surface area (Å²) in [6.45, 7) is 3.93. The molecule has 2 rings (SSSR count). The summed E-state index contributed by atoms with van der Waals surface area (Å²) >= 11 is 0. The van der Waals surface area contributed by atoms with Gasteiger partial charge in [-0.1, -0.05) is 12.1 Å². The van der Waals surface area contributed by atoms with Crippen molar-refractivity contribution in [3.63, 3.8) is 0 Å². The van der Waals surface area contributed by atoms with Crippen molar-refractivity contribution in [1.82, 2.24) is 4.98 Å². The summed E-state index contributed by atoms with van der Waals surface area (Å²) in [6, 6.07) is 7.51. The molecule has 0 saturated heterocycles. The predicted molar refractivity (Wildman–Crippen MR) is 72.5 cm³/mol. The van der Waals surface area contributed by atoms with Crippen LogP contribution in [0, 0.1) is 13.8 Å². The molecule has 0 aliphatic carbocycles. The fourth-order valence-electron chi connectivity index (χ4n) is 1.66. The number of nitrogens with two attached hydrogens (primary N) is 1. The Hall–Kier alpha value is -2.36. The lowest BCUT2D eigenvalue weighted by atomic mass is 10.1. The van der Waals surface area contributed by atoms with Gasteiger partial charge in [0.15, 0.2) is 0 Å². The van der Waals surface area contributed by atoms with Gasteiger partial charge in [-0.25, -0.2) is 0 Å². The summed E-state index contributed by atoms with van der Waals surface area (Å²) in [5, 5.41) is 2.85. The molecule has 0 spiro atoms. The molecule has 18 heavy (non-hydrogen) atoms. The van der Waals surface area contributed by atoms with E-state index < -0.39 is 0 Å². The maximum atomic E-state index is 12.1. The van der Waals surface area contributed by atoms with Crippen LogP contribution < -0.4 is 11.1 Å². The summed E-state index contributed by atoms with van der Waals surface area (Å²) in [4.78, 5) is 16.0. The normalized spacial score (nSPS) is 10.1. The van der Waals surface area contributed by atoms with Gasteiger partial charge < -0.3 is 11.1 Å². The maximum absolute atomic E-state index is 12.1. The topological polar surface area (TPSA) is 68.0 Å². The van der Waals surface area contributed by atoms with E-state index in [0.717, 1.165) is 16.8 Å². The molecule has 1 aromatic heterocycles. The van der Waals surface area contributed by atoms with Gasteiger partial charge in [-0.05, 0) is 37.1 Å². The van der Waals surface area contributed by atoms with Gasteiger partial charge in [0.2, 0.25) is 0 Å². The highest BCUT2D eigenvalue weighted by Gasteiger charge is 2.10. The van der Waals surface area contributed by atoms with Crippen LogP contribution in [0.4, 0.5) is 11.4 Å². The minimum Gasteiger partial charge on any atom is -0.398 e. The third-order valence-corrected chi connectivity index (χ3v) is 2.74. The van der Waals surface area contributed by atoms with Crippen LogP contribution >= 0.6 is 0 Å². The van der Waals surface area contributed by atoms with Crippen LogP contribution in [0.1, 0.15) is 21.5 Å². The SMILES string of the molecule is Cc1ccc(C)c(NC(=O)c2cnccc2N)c1. The van der Waals surface area contributed by atoms with Gasteiger partial charge in [0.1, 0.15) is 0 Å². The fourth-order valence-corrected chi connectivity index (χ4v) is 1.66.